The first-order valence-electron chi connectivity index (χ1n) is 9.00. The van der Waals surface area contributed by atoms with Crippen molar-refractivity contribution in [3.05, 3.63) is 29.6 Å². The van der Waals surface area contributed by atoms with Gasteiger partial charge in [0.15, 0.2) is 0 Å². The fraction of sp³-hybridized carbons (Fsp3) is 0.579. The van der Waals surface area contributed by atoms with Crippen molar-refractivity contribution in [1.82, 2.24) is 10.6 Å². The van der Waals surface area contributed by atoms with E-state index in [0.717, 1.165) is 6.42 Å². The second-order valence-electron chi connectivity index (χ2n) is 7.09. The van der Waals surface area contributed by atoms with Gasteiger partial charge in [0.1, 0.15) is 11.6 Å². The van der Waals surface area contributed by atoms with Gasteiger partial charge in [0.25, 0.3) is 0 Å². The van der Waals surface area contributed by atoms with Gasteiger partial charge in [-0.05, 0) is 37.3 Å². The third-order valence-corrected chi connectivity index (χ3v) is 5.15. The number of amides is 2. The highest BCUT2D eigenvalue weighted by molar-refractivity contribution is 5.80. The second-order valence-corrected chi connectivity index (χ2v) is 7.09. The number of carbonyl (C=O) groups is 2. The monoisotopic (exact) mass is 364 g/mol. The Morgan fingerprint density at radius 2 is 2.35 bits per heavy atom. The van der Waals surface area contributed by atoms with Crippen molar-refractivity contribution in [2.75, 3.05) is 20.3 Å². The highest BCUT2D eigenvalue weighted by Gasteiger charge is 2.38. The lowest BCUT2D eigenvalue weighted by Gasteiger charge is -2.29. The molecule has 2 aliphatic heterocycles. The number of benzene rings is 1. The van der Waals surface area contributed by atoms with Gasteiger partial charge < -0.3 is 20.1 Å². The minimum absolute atomic E-state index is 0.0523. The van der Waals surface area contributed by atoms with Crippen LogP contribution in [0.4, 0.5) is 4.39 Å². The maximum absolute atomic E-state index is 14.3. The number of methoxy groups -OCH3 is 1. The lowest BCUT2D eigenvalue weighted by atomic mass is 9.84. The maximum Gasteiger partial charge on any atom is 0.220 e. The van der Waals surface area contributed by atoms with Gasteiger partial charge >= 0.3 is 0 Å². The molecule has 0 bridgehead atoms. The van der Waals surface area contributed by atoms with Gasteiger partial charge in [-0.1, -0.05) is 6.07 Å². The van der Waals surface area contributed by atoms with Crippen LogP contribution in [0.25, 0.3) is 0 Å². The summed E-state index contributed by atoms with van der Waals surface area (Å²) >= 11 is 0. The summed E-state index contributed by atoms with van der Waals surface area (Å²) in [6, 6.07) is 4.79. The number of rotatable bonds is 7. The normalized spacial score (nSPS) is 25.2. The molecule has 0 saturated carbocycles. The zero-order chi connectivity index (χ0) is 18.6. The Kier molecular flexibility index (Phi) is 5.76. The molecule has 0 aliphatic carbocycles. The number of nitrogens with one attached hydrogen (secondary N) is 2. The molecular formula is C19H25FN2O4. The molecule has 7 heteroatoms. The maximum atomic E-state index is 14.3. The first-order valence-corrected chi connectivity index (χ1v) is 9.00. The molecule has 2 heterocycles. The Balaban J connectivity index is 1.64. The summed E-state index contributed by atoms with van der Waals surface area (Å²) in [6.07, 6.45) is 2.93. The van der Waals surface area contributed by atoms with E-state index >= 15 is 0 Å². The fourth-order valence-electron chi connectivity index (χ4n) is 3.65. The molecule has 3 rings (SSSR count). The molecule has 142 valence electrons. The van der Waals surface area contributed by atoms with Crippen molar-refractivity contribution in [3.8, 4) is 5.75 Å². The number of hydrogen-bond donors (Lipinski definition) is 2. The molecule has 1 aromatic carbocycles. The van der Waals surface area contributed by atoms with Gasteiger partial charge in [-0.15, -0.1) is 0 Å². The van der Waals surface area contributed by atoms with Crippen molar-refractivity contribution in [3.63, 3.8) is 0 Å². The Labute approximate surface area is 152 Å². The first kappa shape index (κ1) is 18.6. The van der Waals surface area contributed by atoms with E-state index in [1.54, 1.807) is 12.1 Å². The van der Waals surface area contributed by atoms with Crippen LogP contribution in [0.15, 0.2) is 18.2 Å². The van der Waals surface area contributed by atoms with Gasteiger partial charge in [-0.3, -0.25) is 9.59 Å². The number of ether oxygens (including phenoxy) is 2. The zero-order valence-electron chi connectivity index (χ0n) is 15.0. The fourth-order valence-corrected chi connectivity index (χ4v) is 3.65. The van der Waals surface area contributed by atoms with Crippen molar-refractivity contribution in [1.29, 1.82) is 0 Å². The molecule has 2 N–H and O–H groups in total. The highest BCUT2D eigenvalue weighted by atomic mass is 19.1. The molecule has 2 fully saturated rings. The van der Waals surface area contributed by atoms with E-state index in [0.29, 0.717) is 50.2 Å². The van der Waals surface area contributed by atoms with Crippen LogP contribution in [-0.2, 0) is 20.7 Å². The third-order valence-electron chi connectivity index (χ3n) is 5.15. The lowest BCUT2D eigenvalue weighted by molar-refractivity contribution is -0.123. The second kappa shape index (κ2) is 8.03. The van der Waals surface area contributed by atoms with E-state index in [1.165, 1.54) is 13.2 Å². The van der Waals surface area contributed by atoms with Crippen molar-refractivity contribution in [2.24, 2.45) is 0 Å². The predicted molar refractivity (Wildman–Crippen MR) is 93.4 cm³/mol. The average Bonchev–Trinajstić information content (AvgIpc) is 3.25. The summed E-state index contributed by atoms with van der Waals surface area (Å²) in [4.78, 5) is 24.0. The quantitative estimate of drug-likeness (QED) is 0.772. The number of carbonyl (C=O) groups excluding carboxylic acids is 2. The summed E-state index contributed by atoms with van der Waals surface area (Å²) in [5.74, 6) is -0.0221. The number of halogens is 1. The Bertz CT molecular complexity index is 676. The van der Waals surface area contributed by atoms with E-state index in [4.69, 9.17) is 9.47 Å². The predicted octanol–water partition coefficient (Wildman–Crippen LogP) is 1.71. The largest absolute Gasteiger partial charge is 0.497 e. The van der Waals surface area contributed by atoms with Crippen molar-refractivity contribution in [2.45, 2.75) is 50.1 Å². The van der Waals surface area contributed by atoms with Crippen LogP contribution >= 0.6 is 0 Å². The van der Waals surface area contributed by atoms with Crippen LogP contribution in [0.1, 0.15) is 37.7 Å². The van der Waals surface area contributed by atoms with Crippen LogP contribution in [-0.4, -0.2) is 43.7 Å². The van der Waals surface area contributed by atoms with E-state index in [9.17, 15) is 14.0 Å². The van der Waals surface area contributed by atoms with Gasteiger partial charge in [0, 0.05) is 31.1 Å². The first-order chi connectivity index (χ1) is 12.5. The molecule has 2 saturated heterocycles. The van der Waals surface area contributed by atoms with Crippen molar-refractivity contribution < 1.29 is 23.5 Å². The average molecular weight is 364 g/mol. The van der Waals surface area contributed by atoms with Gasteiger partial charge in [-0.25, -0.2) is 4.39 Å². The molecular weight excluding hydrogens is 339 g/mol. The summed E-state index contributed by atoms with van der Waals surface area (Å²) in [5.41, 5.74) is -0.0756. The summed E-state index contributed by atoms with van der Waals surface area (Å²) in [7, 11) is 1.49. The van der Waals surface area contributed by atoms with Crippen LogP contribution in [0.3, 0.4) is 0 Å². The Hall–Kier alpha value is -2.15. The molecule has 0 spiro atoms. The minimum Gasteiger partial charge on any atom is -0.497 e. The molecule has 6 nitrogen and oxygen atoms in total. The lowest BCUT2D eigenvalue weighted by Crippen LogP contribution is -2.45. The molecule has 0 aromatic heterocycles. The SMILES string of the molecule is COc1ccc(CC2(CCC(=O)NC3CCOC3)CCC(=O)N2)c(F)c1. The molecule has 1 aromatic rings. The summed E-state index contributed by atoms with van der Waals surface area (Å²) < 4.78 is 24.6. The highest BCUT2D eigenvalue weighted by Crippen LogP contribution is 2.31. The summed E-state index contributed by atoms with van der Waals surface area (Å²) in [5, 5.41) is 5.93. The van der Waals surface area contributed by atoms with Crippen LogP contribution in [0, 0.1) is 5.82 Å². The summed E-state index contributed by atoms with van der Waals surface area (Å²) in [6.45, 7) is 1.21. The van der Waals surface area contributed by atoms with Crippen LogP contribution in [0.2, 0.25) is 0 Å². The standard InChI is InChI=1S/C19H25FN2O4/c1-25-15-3-2-13(16(20)10-15)11-19(8-5-18(24)22-19)7-4-17(23)21-14-6-9-26-12-14/h2-3,10,14H,4-9,11-12H2,1H3,(H,21,23)(H,22,24). The molecule has 2 atom stereocenters. The van der Waals surface area contributed by atoms with Crippen molar-refractivity contribution >= 4 is 11.8 Å². The van der Waals surface area contributed by atoms with Gasteiger partial charge in [-0.2, -0.15) is 0 Å². The molecule has 2 amide bonds. The van der Waals surface area contributed by atoms with Gasteiger partial charge in [0.05, 0.1) is 19.8 Å². The van der Waals surface area contributed by atoms with E-state index in [-0.39, 0.29) is 30.1 Å². The minimum atomic E-state index is -0.587. The molecule has 2 unspecified atom stereocenters. The smallest absolute Gasteiger partial charge is 0.220 e. The van der Waals surface area contributed by atoms with Gasteiger partial charge in [0.2, 0.25) is 11.8 Å². The molecule has 0 radical (unpaired) electrons. The zero-order valence-corrected chi connectivity index (χ0v) is 15.0. The number of hydrogen-bond acceptors (Lipinski definition) is 4. The van der Waals surface area contributed by atoms with Crippen LogP contribution < -0.4 is 15.4 Å². The van der Waals surface area contributed by atoms with Crippen LogP contribution in [0.5, 0.6) is 5.75 Å². The molecule has 26 heavy (non-hydrogen) atoms. The molecule has 2 aliphatic rings. The van der Waals surface area contributed by atoms with E-state index in [1.807, 2.05) is 0 Å². The third kappa shape index (κ3) is 4.52. The van der Waals surface area contributed by atoms with E-state index in [2.05, 4.69) is 10.6 Å². The topological polar surface area (TPSA) is 76.7 Å². The Morgan fingerprint density at radius 1 is 1.50 bits per heavy atom. The Morgan fingerprint density at radius 3 is 2.96 bits per heavy atom. The van der Waals surface area contributed by atoms with E-state index < -0.39 is 5.54 Å².